The maximum Gasteiger partial charge on any atom is 0.231 e. The number of anilines is 1. The normalized spacial score (nSPS) is 15.5. The first-order chi connectivity index (χ1) is 8.06. The minimum Gasteiger partial charge on any atom is -0.367 e. The first-order valence-corrected chi connectivity index (χ1v) is 5.85. The van der Waals surface area contributed by atoms with Crippen LogP contribution in [0.3, 0.4) is 0 Å². The number of nitrogens with one attached hydrogen (secondary N) is 1. The van der Waals surface area contributed by atoms with E-state index in [9.17, 15) is 9.59 Å². The summed E-state index contributed by atoms with van der Waals surface area (Å²) in [7, 11) is 0. The molecule has 0 radical (unpaired) electrons. The summed E-state index contributed by atoms with van der Waals surface area (Å²) in [5.41, 5.74) is 0.676. The number of halogens is 2. The first-order valence-electron chi connectivity index (χ1n) is 5.09. The van der Waals surface area contributed by atoms with Gasteiger partial charge in [0.2, 0.25) is 11.8 Å². The fourth-order valence-electron chi connectivity index (χ4n) is 1.63. The second kappa shape index (κ2) is 4.94. The van der Waals surface area contributed by atoms with Crippen molar-refractivity contribution < 1.29 is 9.59 Å². The summed E-state index contributed by atoms with van der Waals surface area (Å²) < 4.78 is 0. The van der Waals surface area contributed by atoms with Gasteiger partial charge in [0, 0.05) is 28.6 Å². The summed E-state index contributed by atoms with van der Waals surface area (Å²) >= 11 is 11.7. The third-order valence-corrected chi connectivity index (χ3v) is 2.90. The lowest BCUT2D eigenvalue weighted by Crippen LogP contribution is -2.33. The molecule has 2 rings (SSSR count). The minimum atomic E-state index is -0.157. The zero-order valence-electron chi connectivity index (χ0n) is 8.87. The Labute approximate surface area is 108 Å². The summed E-state index contributed by atoms with van der Waals surface area (Å²) in [5.74, 6) is -0.314. The van der Waals surface area contributed by atoms with Gasteiger partial charge in [-0.15, -0.1) is 0 Å². The van der Waals surface area contributed by atoms with E-state index in [1.165, 1.54) is 4.90 Å². The molecule has 0 aromatic heterocycles. The van der Waals surface area contributed by atoms with Crippen LogP contribution in [0, 0.1) is 0 Å². The topological polar surface area (TPSA) is 49.4 Å². The predicted molar refractivity (Wildman–Crippen MR) is 66.0 cm³/mol. The highest BCUT2D eigenvalue weighted by atomic mass is 35.5. The summed E-state index contributed by atoms with van der Waals surface area (Å²) in [6.07, 6.45) is 0.577. The van der Waals surface area contributed by atoms with E-state index in [4.69, 9.17) is 23.2 Å². The number of hydrogen-bond acceptors (Lipinski definition) is 3. The van der Waals surface area contributed by atoms with Crippen LogP contribution in [0.2, 0.25) is 10.0 Å². The molecule has 1 aromatic carbocycles. The van der Waals surface area contributed by atoms with Crippen LogP contribution in [-0.2, 0) is 9.59 Å². The van der Waals surface area contributed by atoms with Crippen LogP contribution in [0.5, 0.6) is 0 Å². The van der Waals surface area contributed by atoms with Gasteiger partial charge in [-0.05, 0) is 18.2 Å². The number of likely N-dealkylation sites (tertiary alicyclic amines) is 1. The Morgan fingerprint density at radius 1 is 1.06 bits per heavy atom. The van der Waals surface area contributed by atoms with Crippen molar-refractivity contribution in [3.8, 4) is 0 Å². The Morgan fingerprint density at radius 2 is 1.59 bits per heavy atom. The van der Waals surface area contributed by atoms with Crippen molar-refractivity contribution in [3.63, 3.8) is 0 Å². The van der Waals surface area contributed by atoms with E-state index in [0.717, 1.165) is 0 Å². The molecule has 0 bridgehead atoms. The van der Waals surface area contributed by atoms with Gasteiger partial charge in [-0.1, -0.05) is 23.2 Å². The molecule has 90 valence electrons. The van der Waals surface area contributed by atoms with Crippen LogP contribution in [0.4, 0.5) is 5.69 Å². The number of rotatable bonds is 3. The van der Waals surface area contributed by atoms with E-state index < -0.39 is 0 Å². The fraction of sp³-hybridized carbons (Fsp3) is 0.273. The highest BCUT2D eigenvalue weighted by molar-refractivity contribution is 6.35. The van der Waals surface area contributed by atoms with E-state index in [1.54, 1.807) is 18.2 Å². The summed E-state index contributed by atoms with van der Waals surface area (Å²) in [6, 6.07) is 4.97. The standard InChI is InChI=1S/C11H10Cl2N2O2/c12-7-3-8(13)5-9(4-7)14-6-15-10(16)1-2-11(15)17/h3-5,14H,1-2,6H2. The average Bonchev–Trinajstić information content (AvgIpc) is 2.55. The fourth-order valence-corrected chi connectivity index (χ4v) is 2.15. The summed E-state index contributed by atoms with van der Waals surface area (Å²) in [4.78, 5) is 23.9. The molecule has 1 aliphatic heterocycles. The molecule has 1 heterocycles. The first kappa shape index (κ1) is 12.2. The van der Waals surface area contributed by atoms with Gasteiger partial charge < -0.3 is 5.32 Å². The molecule has 2 amide bonds. The maximum atomic E-state index is 11.4. The Morgan fingerprint density at radius 3 is 2.12 bits per heavy atom. The van der Waals surface area contributed by atoms with E-state index in [2.05, 4.69) is 5.32 Å². The highest BCUT2D eigenvalue weighted by Crippen LogP contribution is 2.22. The number of nitrogens with zero attached hydrogens (tertiary/aromatic N) is 1. The molecule has 6 heteroatoms. The monoisotopic (exact) mass is 272 g/mol. The summed E-state index contributed by atoms with van der Waals surface area (Å²) in [6.45, 7) is 0.147. The number of imide groups is 1. The van der Waals surface area contributed by atoms with Crippen LogP contribution in [0.1, 0.15) is 12.8 Å². The lowest BCUT2D eigenvalue weighted by molar-refractivity contribution is -0.137. The molecule has 1 aliphatic rings. The van der Waals surface area contributed by atoms with Gasteiger partial charge in [-0.3, -0.25) is 14.5 Å². The lowest BCUT2D eigenvalue weighted by atomic mass is 10.3. The number of amides is 2. The third-order valence-electron chi connectivity index (χ3n) is 2.46. The van der Waals surface area contributed by atoms with Crippen molar-refractivity contribution in [1.82, 2.24) is 4.90 Å². The van der Waals surface area contributed by atoms with Crippen LogP contribution < -0.4 is 5.32 Å². The molecule has 0 atom stereocenters. The average molecular weight is 273 g/mol. The van der Waals surface area contributed by atoms with Gasteiger partial charge in [0.15, 0.2) is 0 Å². The molecule has 1 N–H and O–H groups in total. The third kappa shape index (κ3) is 2.90. The van der Waals surface area contributed by atoms with Crippen molar-refractivity contribution in [2.24, 2.45) is 0 Å². The quantitative estimate of drug-likeness (QED) is 0.861. The molecule has 1 fully saturated rings. The van der Waals surface area contributed by atoms with E-state index in [0.29, 0.717) is 15.7 Å². The van der Waals surface area contributed by atoms with Gasteiger partial charge in [0.05, 0.1) is 6.67 Å². The number of carbonyl (C=O) groups excluding carboxylic acids is 2. The van der Waals surface area contributed by atoms with E-state index in [1.807, 2.05) is 0 Å². The molecule has 4 nitrogen and oxygen atoms in total. The van der Waals surface area contributed by atoms with E-state index >= 15 is 0 Å². The largest absolute Gasteiger partial charge is 0.367 e. The van der Waals surface area contributed by atoms with Crippen LogP contribution in [0.15, 0.2) is 18.2 Å². The van der Waals surface area contributed by atoms with Crippen LogP contribution in [0.25, 0.3) is 0 Å². The maximum absolute atomic E-state index is 11.4. The second-order valence-electron chi connectivity index (χ2n) is 3.71. The predicted octanol–water partition coefficient (Wildman–Crippen LogP) is 2.51. The van der Waals surface area contributed by atoms with Crippen LogP contribution in [-0.4, -0.2) is 23.4 Å². The van der Waals surface area contributed by atoms with Gasteiger partial charge in [-0.2, -0.15) is 0 Å². The van der Waals surface area contributed by atoms with Crippen molar-refractivity contribution in [3.05, 3.63) is 28.2 Å². The zero-order chi connectivity index (χ0) is 12.4. The van der Waals surface area contributed by atoms with Crippen molar-refractivity contribution >= 4 is 40.7 Å². The minimum absolute atomic E-state index is 0.147. The smallest absolute Gasteiger partial charge is 0.231 e. The zero-order valence-corrected chi connectivity index (χ0v) is 10.4. The number of benzene rings is 1. The highest BCUT2D eigenvalue weighted by Gasteiger charge is 2.28. The second-order valence-corrected chi connectivity index (χ2v) is 4.58. The van der Waals surface area contributed by atoms with Gasteiger partial charge in [-0.25, -0.2) is 0 Å². The Balaban J connectivity index is 2.02. The Kier molecular flexibility index (Phi) is 3.54. The molecule has 0 unspecified atom stereocenters. The lowest BCUT2D eigenvalue weighted by Gasteiger charge is -2.15. The Hall–Kier alpha value is -1.26. The number of carbonyl (C=O) groups is 2. The molecular weight excluding hydrogens is 263 g/mol. The molecule has 0 saturated carbocycles. The van der Waals surface area contributed by atoms with Crippen molar-refractivity contribution in [1.29, 1.82) is 0 Å². The Bertz CT molecular complexity index is 440. The molecule has 0 spiro atoms. The summed E-state index contributed by atoms with van der Waals surface area (Å²) in [5, 5.41) is 3.94. The van der Waals surface area contributed by atoms with Crippen LogP contribution >= 0.6 is 23.2 Å². The van der Waals surface area contributed by atoms with Crippen molar-refractivity contribution in [2.45, 2.75) is 12.8 Å². The van der Waals surface area contributed by atoms with E-state index in [-0.39, 0.29) is 31.3 Å². The van der Waals surface area contributed by atoms with Gasteiger partial charge in [0.1, 0.15) is 0 Å². The SMILES string of the molecule is O=C1CCC(=O)N1CNc1cc(Cl)cc(Cl)c1. The number of hydrogen-bond donors (Lipinski definition) is 1. The molecule has 17 heavy (non-hydrogen) atoms. The molecule has 1 saturated heterocycles. The molecular formula is C11H10Cl2N2O2. The van der Waals surface area contributed by atoms with Crippen molar-refractivity contribution in [2.75, 3.05) is 12.0 Å². The van der Waals surface area contributed by atoms with Gasteiger partial charge >= 0.3 is 0 Å². The molecule has 1 aromatic rings. The molecule has 0 aliphatic carbocycles. The van der Waals surface area contributed by atoms with Gasteiger partial charge in [0.25, 0.3) is 0 Å².